The fraction of sp³-hybridized carbons (Fsp3) is 0.737. The second-order valence-electron chi connectivity index (χ2n) is 8.03. The van der Waals surface area contributed by atoms with Gasteiger partial charge in [-0.1, -0.05) is 20.4 Å². The van der Waals surface area contributed by atoms with Gasteiger partial charge in [-0.25, -0.2) is 4.79 Å². The van der Waals surface area contributed by atoms with Crippen molar-refractivity contribution in [3.63, 3.8) is 0 Å². The second kappa shape index (κ2) is 6.37. The van der Waals surface area contributed by atoms with E-state index in [1.54, 1.807) is 0 Å². The minimum atomic E-state index is -0.887. The van der Waals surface area contributed by atoms with Gasteiger partial charge < -0.3 is 19.3 Å². The van der Waals surface area contributed by atoms with Gasteiger partial charge in [-0.15, -0.1) is 0 Å². The van der Waals surface area contributed by atoms with Crippen LogP contribution in [0.25, 0.3) is 0 Å². The Morgan fingerprint density at radius 1 is 1.23 bits per heavy atom. The first-order valence-corrected chi connectivity index (χ1v) is 8.99. The molecule has 3 rings (SSSR count). The lowest BCUT2D eigenvalue weighted by Gasteiger charge is -2.43. The van der Waals surface area contributed by atoms with Crippen molar-refractivity contribution in [3.8, 4) is 0 Å². The summed E-state index contributed by atoms with van der Waals surface area (Å²) in [6, 6.07) is 0. The zero-order valence-electron chi connectivity index (χ0n) is 15.6. The average Bonchev–Trinajstić information content (AvgIpc) is 2.88. The van der Waals surface area contributed by atoms with Crippen LogP contribution in [0.3, 0.4) is 0 Å². The molecule has 1 heterocycles. The Kier molecular flexibility index (Phi) is 4.63. The van der Waals surface area contributed by atoms with Crippen molar-refractivity contribution in [2.24, 2.45) is 23.2 Å². The summed E-state index contributed by atoms with van der Waals surface area (Å²) in [5.41, 5.74) is -0.625. The summed E-state index contributed by atoms with van der Waals surface area (Å²) in [5, 5.41) is 10.9. The third-order valence-electron chi connectivity index (χ3n) is 6.38. The molecule has 0 spiro atoms. The van der Waals surface area contributed by atoms with E-state index >= 15 is 0 Å². The number of aliphatic hydroxyl groups is 1. The molecule has 7 heteroatoms. The minimum absolute atomic E-state index is 0.0201. The summed E-state index contributed by atoms with van der Waals surface area (Å²) < 4.78 is 16.6. The Morgan fingerprint density at radius 2 is 1.85 bits per heavy atom. The van der Waals surface area contributed by atoms with E-state index in [1.165, 1.54) is 13.8 Å². The van der Waals surface area contributed by atoms with Crippen LogP contribution in [0.15, 0.2) is 12.2 Å². The van der Waals surface area contributed by atoms with Crippen LogP contribution >= 0.6 is 0 Å². The van der Waals surface area contributed by atoms with E-state index in [4.69, 9.17) is 14.2 Å². The van der Waals surface area contributed by atoms with Crippen LogP contribution in [0.1, 0.15) is 40.5 Å². The van der Waals surface area contributed by atoms with Crippen LogP contribution in [0, 0.1) is 23.2 Å². The summed E-state index contributed by atoms with van der Waals surface area (Å²) >= 11 is 0. The Labute approximate surface area is 152 Å². The summed E-state index contributed by atoms with van der Waals surface area (Å²) in [6.45, 7) is 10.3. The SMILES string of the molecule is C=C1C(=O)O[C@H]2C[C@@H](C)[C@@H]3[C@H](OC(C)=O)C[C@H](O)[C@@]3(C)[C@@H](OC(C)=O)[C@H]12. The molecule has 0 unspecified atom stereocenters. The van der Waals surface area contributed by atoms with E-state index in [0.717, 1.165) is 0 Å². The Hall–Kier alpha value is -1.89. The molecule has 1 saturated heterocycles. The molecule has 0 bridgehead atoms. The number of esters is 3. The Morgan fingerprint density at radius 3 is 2.42 bits per heavy atom. The van der Waals surface area contributed by atoms with Crippen molar-refractivity contribution >= 4 is 17.9 Å². The lowest BCUT2D eigenvalue weighted by atomic mass is 9.66. The highest BCUT2D eigenvalue weighted by Crippen LogP contribution is 2.58. The van der Waals surface area contributed by atoms with E-state index in [9.17, 15) is 19.5 Å². The van der Waals surface area contributed by atoms with Crippen LogP contribution in [-0.2, 0) is 28.6 Å². The number of hydrogen-bond acceptors (Lipinski definition) is 7. The third-order valence-corrected chi connectivity index (χ3v) is 6.38. The highest BCUT2D eigenvalue weighted by atomic mass is 16.6. The molecule has 0 amide bonds. The van der Waals surface area contributed by atoms with Gasteiger partial charge in [0, 0.05) is 37.2 Å². The van der Waals surface area contributed by atoms with E-state index in [0.29, 0.717) is 6.42 Å². The first-order chi connectivity index (χ1) is 12.1. The van der Waals surface area contributed by atoms with Crippen molar-refractivity contribution in [2.75, 3.05) is 0 Å². The van der Waals surface area contributed by atoms with Gasteiger partial charge in [-0.3, -0.25) is 9.59 Å². The number of ether oxygens (including phenoxy) is 3. The van der Waals surface area contributed by atoms with Gasteiger partial charge in [0.15, 0.2) is 0 Å². The standard InChI is InChI=1S/C19H26O7/c1-8-6-12-15(9(2)18(23)26-12)17(25-11(4)21)19(5)14(22)7-13(16(8)19)24-10(3)20/h8,12-17,22H,2,6-7H2,1,3-5H3/t8-,12+,13-,14+,15-,16-,17+,19-/m1/s1. The summed E-state index contributed by atoms with van der Waals surface area (Å²) in [4.78, 5) is 35.5. The molecule has 2 saturated carbocycles. The first kappa shape index (κ1) is 18.9. The largest absolute Gasteiger partial charge is 0.462 e. The molecule has 1 aliphatic heterocycles. The van der Waals surface area contributed by atoms with Crippen molar-refractivity contribution in [1.29, 1.82) is 0 Å². The minimum Gasteiger partial charge on any atom is -0.462 e. The van der Waals surface area contributed by atoms with Gasteiger partial charge in [0.2, 0.25) is 0 Å². The van der Waals surface area contributed by atoms with Crippen molar-refractivity contribution in [1.82, 2.24) is 0 Å². The summed E-state index contributed by atoms with van der Waals surface area (Å²) in [6.07, 6.45) is -1.80. The molecular formula is C19H26O7. The van der Waals surface area contributed by atoms with Crippen LogP contribution in [-0.4, -0.2) is 47.4 Å². The number of rotatable bonds is 2. The average molecular weight is 366 g/mol. The fourth-order valence-electron chi connectivity index (χ4n) is 5.44. The predicted octanol–water partition coefficient (Wildman–Crippen LogP) is 1.37. The van der Waals surface area contributed by atoms with Gasteiger partial charge in [-0.2, -0.15) is 0 Å². The zero-order valence-corrected chi connectivity index (χ0v) is 15.6. The van der Waals surface area contributed by atoms with Gasteiger partial charge in [-0.05, 0) is 12.3 Å². The van der Waals surface area contributed by atoms with Crippen LogP contribution in [0.5, 0.6) is 0 Å². The lowest BCUT2D eigenvalue weighted by molar-refractivity contribution is -0.170. The topological polar surface area (TPSA) is 99.1 Å². The molecule has 8 atom stereocenters. The van der Waals surface area contributed by atoms with Gasteiger partial charge in [0.25, 0.3) is 0 Å². The maximum atomic E-state index is 12.1. The van der Waals surface area contributed by atoms with Crippen molar-refractivity contribution < 1.29 is 33.7 Å². The molecule has 0 radical (unpaired) electrons. The predicted molar refractivity (Wildman–Crippen MR) is 89.6 cm³/mol. The van der Waals surface area contributed by atoms with Crippen LogP contribution in [0.4, 0.5) is 0 Å². The third kappa shape index (κ3) is 2.73. The number of carbonyl (C=O) groups excluding carboxylic acids is 3. The molecule has 0 aromatic heterocycles. The van der Waals surface area contributed by atoms with Gasteiger partial charge in [0.05, 0.1) is 12.0 Å². The smallest absolute Gasteiger partial charge is 0.334 e. The maximum Gasteiger partial charge on any atom is 0.334 e. The zero-order chi connectivity index (χ0) is 19.4. The molecule has 3 fully saturated rings. The first-order valence-electron chi connectivity index (χ1n) is 8.99. The van der Waals surface area contributed by atoms with Crippen molar-refractivity contribution in [3.05, 3.63) is 12.2 Å². The normalized spacial score (nSPS) is 44.6. The van der Waals surface area contributed by atoms with E-state index in [1.807, 2.05) is 13.8 Å². The fourth-order valence-corrected chi connectivity index (χ4v) is 5.44. The van der Waals surface area contributed by atoms with E-state index in [-0.39, 0.29) is 23.8 Å². The van der Waals surface area contributed by atoms with E-state index < -0.39 is 53.7 Å². The highest BCUT2D eigenvalue weighted by molar-refractivity contribution is 5.91. The van der Waals surface area contributed by atoms with Crippen LogP contribution in [0.2, 0.25) is 0 Å². The molecule has 2 aliphatic carbocycles. The Balaban J connectivity index is 2.10. The summed E-state index contributed by atoms with van der Waals surface area (Å²) in [5.74, 6) is -2.18. The molecule has 3 aliphatic rings. The number of hydrogen-bond donors (Lipinski definition) is 1. The monoisotopic (exact) mass is 366 g/mol. The molecule has 7 nitrogen and oxygen atoms in total. The number of fused-ring (bicyclic) bond motifs is 2. The van der Waals surface area contributed by atoms with E-state index in [2.05, 4.69) is 6.58 Å². The molecule has 1 N–H and O–H groups in total. The molecule has 0 aromatic carbocycles. The molecule has 0 aromatic rings. The van der Waals surface area contributed by atoms with Crippen LogP contribution < -0.4 is 0 Å². The van der Waals surface area contributed by atoms with Gasteiger partial charge >= 0.3 is 17.9 Å². The molecular weight excluding hydrogens is 340 g/mol. The molecule has 26 heavy (non-hydrogen) atoms. The Bertz CT molecular complexity index is 656. The molecule has 144 valence electrons. The maximum absolute atomic E-state index is 12.1. The quantitative estimate of drug-likeness (QED) is 0.448. The second-order valence-corrected chi connectivity index (χ2v) is 8.03. The lowest BCUT2D eigenvalue weighted by Crippen LogP contribution is -2.51. The van der Waals surface area contributed by atoms with Gasteiger partial charge in [0.1, 0.15) is 18.3 Å². The summed E-state index contributed by atoms with van der Waals surface area (Å²) in [7, 11) is 0. The van der Waals surface area contributed by atoms with Crippen molar-refractivity contribution in [2.45, 2.75) is 65.0 Å². The number of aliphatic hydroxyl groups excluding tert-OH is 1. The number of carbonyl (C=O) groups is 3. The highest BCUT2D eigenvalue weighted by Gasteiger charge is 2.66.